The number of rotatable bonds is 6. The van der Waals surface area contributed by atoms with Crippen LogP contribution in [0.3, 0.4) is 0 Å². The molecular formula is C18H16Cl2N2OS. The van der Waals surface area contributed by atoms with Crippen molar-refractivity contribution in [2.24, 2.45) is 0 Å². The number of nitrogens with zero attached hydrogens (tertiary/aromatic N) is 2. The van der Waals surface area contributed by atoms with Crippen LogP contribution in [0.15, 0.2) is 60.0 Å². The third-order valence-corrected chi connectivity index (χ3v) is 4.89. The molecule has 0 saturated heterocycles. The number of hydrogen-bond acceptors (Lipinski definition) is 3. The number of ether oxygens (including phenoxy) is 1. The van der Waals surface area contributed by atoms with Gasteiger partial charge in [-0.15, -0.1) is 11.8 Å². The Hall–Kier alpha value is -1.62. The van der Waals surface area contributed by atoms with Gasteiger partial charge in [0.1, 0.15) is 12.4 Å². The Morgan fingerprint density at radius 1 is 1.12 bits per heavy atom. The van der Waals surface area contributed by atoms with E-state index in [-0.39, 0.29) is 0 Å². The minimum atomic E-state index is 0.394. The van der Waals surface area contributed by atoms with Gasteiger partial charge in [0, 0.05) is 38.5 Å². The zero-order valence-electron chi connectivity index (χ0n) is 13.1. The van der Waals surface area contributed by atoms with Gasteiger partial charge < -0.3 is 9.30 Å². The normalized spacial score (nSPS) is 10.8. The molecule has 0 radical (unpaired) electrons. The second-order valence-electron chi connectivity index (χ2n) is 5.23. The first kappa shape index (κ1) is 17.2. The summed E-state index contributed by atoms with van der Waals surface area (Å²) in [6, 6.07) is 11.6. The molecule has 3 rings (SSSR count). The fraction of sp³-hybridized carbons (Fsp3) is 0.167. The Morgan fingerprint density at radius 3 is 2.71 bits per heavy atom. The van der Waals surface area contributed by atoms with Crippen molar-refractivity contribution in [3.63, 3.8) is 0 Å². The highest BCUT2D eigenvalue weighted by molar-refractivity contribution is 7.98. The molecular weight excluding hydrogens is 363 g/mol. The van der Waals surface area contributed by atoms with E-state index in [1.807, 2.05) is 29.0 Å². The van der Waals surface area contributed by atoms with Gasteiger partial charge in [0.05, 0.1) is 12.9 Å². The van der Waals surface area contributed by atoms with Crippen LogP contribution >= 0.6 is 35.0 Å². The molecule has 0 atom stereocenters. The summed E-state index contributed by atoms with van der Waals surface area (Å²) in [5, 5.41) is 1.23. The lowest BCUT2D eigenvalue weighted by Gasteiger charge is -2.14. The van der Waals surface area contributed by atoms with Gasteiger partial charge in [0.2, 0.25) is 0 Å². The van der Waals surface area contributed by atoms with Crippen molar-refractivity contribution in [3.8, 4) is 5.75 Å². The Kier molecular flexibility index (Phi) is 5.72. The highest BCUT2D eigenvalue weighted by Gasteiger charge is 2.08. The molecule has 0 N–H and O–H groups in total. The minimum Gasteiger partial charge on any atom is -0.488 e. The van der Waals surface area contributed by atoms with E-state index in [1.165, 1.54) is 4.90 Å². The Balaban J connectivity index is 1.81. The Morgan fingerprint density at radius 2 is 2.00 bits per heavy atom. The van der Waals surface area contributed by atoms with Crippen molar-refractivity contribution in [1.29, 1.82) is 0 Å². The number of benzene rings is 2. The molecule has 3 nitrogen and oxygen atoms in total. The lowest BCUT2D eigenvalue weighted by molar-refractivity contribution is 0.302. The van der Waals surface area contributed by atoms with Crippen molar-refractivity contribution >= 4 is 35.0 Å². The molecule has 0 unspecified atom stereocenters. The molecule has 3 aromatic rings. The fourth-order valence-corrected chi connectivity index (χ4v) is 3.25. The van der Waals surface area contributed by atoms with Crippen LogP contribution in [-0.4, -0.2) is 15.8 Å². The monoisotopic (exact) mass is 378 g/mol. The third-order valence-electron chi connectivity index (χ3n) is 3.58. The summed E-state index contributed by atoms with van der Waals surface area (Å²) in [4.78, 5) is 5.29. The summed E-state index contributed by atoms with van der Waals surface area (Å²) in [5.74, 6) is 0.840. The first-order chi connectivity index (χ1) is 11.7. The van der Waals surface area contributed by atoms with E-state index >= 15 is 0 Å². The van der Waals surface area contributed by atoms with Crippen LogP contribution in [0.4, 0.5) is 0 Å². The highest BCUT2D eigenvalue weighted by atomic mass is 35.5. The molecule has 0 spiro atoms. The molecule has 1 aromatic heterocycles. The smallest absolute Gasteiger partial charge is 0.124 e. The van der Waals surface area contributed by atoms with Crippen LogP contribution in [0.2, 0.25) is 10.0 Å². The lowest BCUT2D eigenvalue weighted by Crippen LogP contribution is -2.03. The lowest BCUT2D eigenvalue weighted by atomic mass is 10.2. The second-order valence-corrected chi connectivity index (χ2v) is 6.96. The number of aromatic nitrogens is 2. The summed E-state index contributed by atoms with van der Waals surface area (Å²) in [7, 11) is 0. The van der Waals surface area contributed by atoms with Crippen molar-refractivity contribution < 1.29 is 4.74 Å². The maximum atomic E-state index is 6.22. The van der Waals surface area contributed by atoms with Gasteiger partial charge in [-0.3, -0.25) is 0 Å². The summed E-state index contributed by atoms with van der Waals surface area (Å²) in [5.41, 5.74) is 2.01. The predicted octanol–water partition coefficient (Wildman–Crippen LogP) is 5.54. The third kappa shape index (κ3) is 4.26. The van der Waals surface area contributed by atoms with Crippen LogP contribution in [0.25, 0.3) is 0 Å². The summed E-state index contributed by atoms with van der Waals surface area (Å²) >= 11 is 13.9. The fourth-order valence-electron chi connectivity index (χ4n) is 2.32. The van der Waals surface area contributed by atoms with Gasteiger partial charge in [0.15, 0.2) is 0 Å². The van der Waals surface area contributed by atoms with E-state index in [0.29, 0.717) is 23.2 Å². The molecule has 24 heavy (non-hydrogen) atoms. The average Bonchev–Trinajstić information content (AvgIpc) is 3.08. The van der Waals surface area contributed by atoms with Gasteiger partial charge in [-0.1, -0.05) is 29.3 Å². The van der Waals surface area contributed by atoms with Gasteiger partial charge >= 0.3 is 0 Å². The van der Waals surface area contributed by atoms with Crippen molar-refractivity contribution in [1.82, 2.24) is 9.55 Å². The molecule has 0 saturated carbocycles. The van der Waals surface area contributed by atoms with Crippen LogP contribution in [0.5, 0.6) is 5.75 Å². The molecule has 0 aliphatic carbocycles. The largest absolute Gasteiger partial charge is 0.488 e. The average molecular weight is 379 g/mol. The molecule has 124 valence electrons. The van der Waals surface area contributed by atoms with E-state index in [0.717, 1.165) is 16.9 Å². The summed E-state index contributed by atoms with van der Waals surface area (Å²) in [6.45, 7) is 1.10. The van der Waals surface area contributed by atoms with Gasteiger partial charge in [0.25, 0.3) is 0 Å². The molecule has 1 heterocycles. The van der Waals surface area contributed by atoms with E-state index in [1.54, 1.807) is 30.4 Å². The van der Waals surface area contributed by atoms with Crippen LogP contribution in [0.1, 0.15) is 11.1 Å². The first-order valence-corrected chi connectivity index (χ1v) is 9.33. The van der Waals surface area contributed by atoms with Crippen LogP contribution in [-0.2, 0) is 13.2 Å². The number of imidazole rings is 1. The van der Waals surface area contributed by atoms with E-state index in [9.17, 15) is 0 Å². The maximum absolute atomic E-state index is 6.22. The second kappa shape index (κ2) is 7.97. The molecule has 0 aliphatic rings. The molecule has 2 aromatic carbocycles. The highest BCUT2D eigenvalue weighted by Crippen LogP contribution is 2.28. The topological polar surface area (TPSA) is 27.1 Å². The van der Waals surface area contributed by atoms with E-state index < -0.39 is 0 Å². The predicted molar refractivity (Wildman–Crippen MR) is 100 cm³/mol. The summed E-state index contributed by atoms with van der Waals surface area (Å²) < 4.78 is 8.04. The van der Waals surface area contributed by atoms with Crippen LogP contribution < -0.4 is 4.74 Å². The molecule has 0 amide bonds. The first-order valence-electron chi connectivity index (χ1n) is 7.35. The van der Waals surface area contributed by atoms with Crippen LogP contribution in [0, 0.1) is 0 Å². The van der Waals surface area contributed by atoms with Gasteiger partial charge in [-0.25, -0.2) is 4.98 Å². The minimum absolute atomic E-state index is 0.394. The molecule has 0 bridgehead atoms. The molecule has 0 fully saturated rings. The number of hydrogen-bond donors (Lipinski definition) is 0. The SMILES string of the molecule is CSc1ccc(OCc2ccc(Cl)cc2Cl)c(Cn2ccnc2)c1. The van der Waals surface area contributed by atoms with Crippen molar-refractivity contribution in [2.45, 2.75) is 18.0 Å². The van der Waals surface area contributed by atoms with Gasteiger partial charge in [-0.05, 0) is 36.6 Å². The number of thioether (sulfide) groups is 1. The zero-order chi connectivity index (χ0) is 16.9. The molecule has 0 aliphatic heterocycles. The standard InChI is InChI=1S/C18H16Cl2N2OS/c1-24-16-4-5-18(14(8-16)10-22-7-6-21-12-22)23-11-13-2-3-15(19)9-17(13)20/h2-9,12H,10-11H2,1H3. The van der Waals surface area contributed by atoms with Crippen molar-refractivity contribution in [3.05, 3.63) is 76.3 Å². The Labute approximate surface area is 155 Å². The van der Waals surface area contributed by atoms with E-state index in [2.05, 4.69) is 23.4 Å². The number of halogens is 2. The zero-order valence-corrected chi connectivity index (χ0v) is 15.4. The Bertz CT molecular complexity index is 822. The van der Waals surface area contributed by atoms with Gasteiger partial charge in [-0.2, -0.15) is 0 Å². The summed E-state index contributed by atoms with van der Waals surface area (Å²) in [6.07, 6.45) is 7.56. The quantitative estimate of drug-likeness (QED) is 0.526. The van der Waals surface area contributed by atoms with E-state index in [4.69, 9.17) is 27.9 Å². The van der Waals surface area contributed by atoms with Crippen molar-refractivity contribution in [2.75, 3.05) is 6.26 Å². The molecule has 6 heteroatoms. The maximum Gasteiger partial charge on any atom is 0.124 e.